The van der Waals surface area contributed by atoms with Crippen LogP contribution < -0.4 is 5.73 Å². The lowest BCUT2D eigenvalue weighted by Gasteiger charge is -2.17. The second-order valence-corrected chi connectivity index (χ2v) is 8.19. The van der Waals surface area contributed by atoms with Gasteiger partial charge in [0.1, 0.15) is 0 Å². The van der Waals surface area contributed by atoms with Gasteiger partial charge in [0, 0.05) is 4.47 Å². The molecule has 0 heterocycles. The van der Waals surface area contributed by atoms with Gasteiger partial charge in [0.2, 0.25) is 0 Å². The third-order valence-electron chi connectivity index (χ3n) is 3.10. The summed E-state index contributed by atoms with van der Waals surface area (Å²) in [5, 5.41) is -0.324. The molecule has 0 aliphatic heterocycles. The maximum Gasteiger partial charge on any atom is 0.152 e. The molecule has 0 fully saturated rings. The van der Waals surface area contributed by atoms with E-state index in [-0.39, 0.29) is 16.9 Å². The van der Waals surface area contributed by atoms with Gasteiger partial charge in [-0.1, -0.05) is 34.1 Å². The standard InChI is InChI=1S/C13H20BrNO2S/c1-10(2)18(16,17)8-7-11(9-15)12-5-3-4-6-13(12)14/h3-6,10-11H,7-9,15H2,1-2H3. The lowest BCUT2D eigenvalue weighted by atomic mass is 9.97. The van der Waals surface area contributed by atoms with Crippen molar-refractivity contribution in [1.29, 1.82) is 0 Å². The van der Waals surface area contributed by atoms with E-state index in [1.54, 1.807) is 13.8 Å². The van der Waals surface area contributed by atoms with Gasteiger partial charge in [0.25, 0.3) is 0 Å². The summed E-state index contributed by atoms with van der Waals surface area (Å²) in [6.07, 6.45) is 0.569. The van der Waals surface area contributed by atoms with E-state index in [4.69, 9.17) is 5.73 Å². The molecule has 0 saturated carbocycles. The zero-order valence-electron chi connectivity index (χ0n) is 10.8. The zero-order chi connectivity index (χ0) is 13.8. The first kappa shape index (κ1) is 15.7. The Kier molecular flexibility index (Phi) is 5.82. The Labute approximate surface area is 118 Å². The molecule has 1 aromatic carbocycles. The average Bonchev–Trinajstić information content (AvgIpc) is 2.31. The minimum absolute atomic E-state index is 0.0779. The van der Waals surface area contributed by atoms with E-state index >= 15 is 0 Å². The topological polar surface area (TPSA) is 60.2 Å². The third-order valence-corrected chi connectivity index (χ3v) is 6.06. The first-order chi connectivity index (χ1) is 8.38. The lowest BCUT2D eigenvalue weighted by Crippen LogP contribution is -2.22. The molecule has 0 spiro atoms. The number of hydrogen-bond donors (Lipinski definition) is 1. The highest BCUT2D eigenvalue weighted by Crippen LogP contribution is 2.27. The monoisotopic (exact) mass is 333 g/mol. The van der Waals surface area contributed by atoms with E-state index in [1.807, 2.05) is 24.3 Å². The Morgan fingerprint density at radius 3 is 2.39 bits per heavy atom. The van der Waals surface area contributed by atoms with Gasteiger partial charge in [0.05, 0.1) is 11.0 Å². The number of sulfone groups is 1. The summed E-state index contributed by atoms with van der Waals surface area (Å²) in [4.78, 5) is 0. The molecule has 0 aliphatic carbocycles. The molecular weight excluding hydrogens is 314 g/mol. The summed E-state index contributed by atoms with van der Waals surface area (Å²) in [6, 6.07) is 7.82. The van der Waals surface area contributed by atoms with Crippen molar-refractivity contribution in [3.05, 3.63) is 34.3 Å². The molecule has 5 heteroatoms. The van der Waals surface area contributed by atoms with Crippen LogP contribution in [0.15, 0.2) is 28.7 Å². The second-order valence-electron chi connectivity index (χ2n) is 4.66. The fourth-order valence-electron chi connectivity index (χ4n) is 1.75. The van der Waals surface area contributed by atoms with E-state index in [1.165, 1.54) is 0 Å². The number of benzene rings is 1. The Hall–Kier alpha value is -0.390. The minimum atomic E-state index is -3.00. The highest BCUT2D eigenvalue weighted by atomic mass is 79.9. The molecular formula is C13H20BrNO2S. The van der Waals surface area contributed by atoms with E-state index in [2.05, 4.69) is 15.9 Å². The van der Waals surface area contributed by atoms with Gasteiger partial charge in [0.15, 0.2) is 9.84 Å². The van der Waals surface area contributed by atoms with Gasteiger partial charge < -0.3 is 5.73 Å². The Morgan fingerprint density at radius 1 is 1.28 bits per heavy atom. The fraction of sp³-hybridized carbons (Fsp3) is 0.538. The van der Waals surface area contributed by atoms with Crippen LogP contribution in [0.1, 0.15) is 31.7 Å². The molecule has 1 unspecified atom stereocenters. The summed E-state index contributed by atoms with van der Waals surface area (Å²) in [7, 11) is -3.00. The third kappa shape index (κ3) is 4.07. The number of nitrogens with two attached hydrogens (primary N) is 1. The second kappa shape index (κ2) is 6.68. The van der Waals surface area contributed by atoms with Crippen LogP contribution in [0.3, 0.4) is 0 Å². The van der Waals surface area contributed by atoms with Gasteiger partial charge in [-0.05, 0) is 44.4 Å². The average molecular weight is 334 g/mol. The van der Waals surface area contributed by atoms with Crippen molar-refractivity contribution in [2.24, 2.45) is 5.73 Å². The van der Waals surface area contributed by atoms with Crippen molar-refractivity contribution in [3.63, 3.8) is 0 Å². The van der Waals surface area contributed by atoms with Crippen LogP contribution >= 0.6 is 15.9 Å². The minimum Gasteiger partial charge on any atom is -0.330 e. The molecule has 102 valence electrons. The molecule has 0 aromatic heterocycles. The van der Waals surface area contributed by atoms with Gasteiger partial charge in [-0.25, -0.2) is 8.42 Å². The predicted molar refractivity (Wildman–Crippen MR) is 79.5 cm³/mol. The van der Waals surface area contributed by atoms with Crippen LogP contribution in [0.5, 0.6) is 0 Å². The quantitative estimate of drug-likeness (QED) is 0.870. The molecule has 1 rings (SSSR count). The molecule has 1 aromatic rings. The summed E-state index contributed by atoms with van der Waals surface area (Å²) in [6.45, 7) is 3.88. The summed E-state index contributed by atoms with van der Waals surface area (Å²) >= 11 is 3.48. The van der Waals surface area contributed by atoms with Crippen molar-refractivity contribution in [2.45, 2.75) is 31.4 Å². The van der Waals surface area contributed by atoms with Crippen molar-refractivity contribution >= 4 is 25.8 Å². The van der Waals surface area contributed by atoms with Gasteiger partial charge >= 0.3 is 0 Å². The molecule has 18 heavy (non-hydrogen) atoms. The summed E-state index contributed by atoms with van der Waals surface area (Å²) in [5.41, 5.74) is 6.85. The zero-order valence-corrected chi connectivity index (χ0v) is 13.2. The molecule has 0 aliphatic rings. The van der Waals surface area contributed by atoms with E-state index in [9.17, 15) is 8.42 Å². The summed E-state index contributed by atoms with van der Waals surface area (Å²) < 4.78 is 24.6. The van der Waals surface area contributed by atoms with Crippen LogP contribution in [0, 0.1) is 0 Å². The maximum atomic E-state index is 11.8. The first-order valence-electron chi connectivity index (χ1n) is 6.04. The fourth-order valence-corrected chi connectivity index (χ4v) is 3.44. The van der Waals surface area contributed by atoms with Gasteiger partial charge in [-0.3, -0.25) is 0 Å². The SMILES string of the molecule is CC(C)S(=O)(=O)CCC(CN)c1ccccc1Br. The van der Waals surface area contributed by atoms with Crippen molar-refractivity contribution in [2.75, 3.05) is 12.3 Å². The Bertz CT molecular complexity index is 486. The number of halogens is 1. The number of rotatable bonds is 6. The normalized spacial score (nSPS) is 13.8. The van der Waals surface area contributed by atoms with Crippen LogP contribution in [0.2, 0.25) is 0 Å². The highest BCUT2D eigenvalue weighted by molar-refractivity contribution is 9.10. The first-order valence-corrected chi connectivity index (χ1v) is 8.55. The number of hydrogen-bond acceptors (Lipinski definition) is 3. The molecule has 0 radical (unpaired) electrons. The lowest BCUT2D eigenvalue weighted by molar-refractivity contribution is 0.576. The highest BCUT2D eigenvalue weighted by Gasteiger charge is 2.20. The Morgan fingerprint density at radius 2 is 1.89 bits per heavy atom. The molecule has 0 bridgehead atoms. The van der Waals surface area contributed by atoms with Crippen molar-refractivity contribution in [3.8, 4) is 0 Å². The van der Waals surface area contributed by atoms with Crippen LogP contribution in [0.25, 0.3) is 0 Å². The van der Waals surface area contributed by atoms with Crippen molar-refractivity contribution < 1.29 is 8.42 Å². The van der Waals surface area contributed by atoms with Crippen LogP contribution in [-0.2, 0) is 9.84 Å². The molecule has 0 saturated heterocycles. The molecule has 1 atom stereocenters. The summed E-state index contributed by atoms with van der Waals surface area (Å²) in [5.74, 6) is 0.266. The van der Waals surface area contributed by atoms with Gasteiger partial charge in [-0.2, -0.15) is 0 Å². The largest absolute Gasteiger partial charge is 0.330 e. The van der Waals surface area contributed by atoms with Crippen molar-refractivity contribution in [1.82, 2.24) is 0 Å². The molecule has 3 nitrogen and oxygen atoms in total. The van der Waals surface area contributed by atoms with Crippen LogP contribution in [0.4, 0.5) is 0 Å². The molecule has 0 amide bonds. The van der Waals surface area contributed by atoms with Gasteiger partial charge in [-0.15, -0.1) is 0 Å². The smallest absolute Gasteiger partial charge is 0.152 e. The predicted octanol–water partition coefficient (Wildman–Crippen LogP) is 2.70. The van der Waals surface area contributed by atoms with E-state index in [0.717, 1.165) is 10.0 Å². The van der Waals surface area contributed by atoms with Crippen LogP contribution in [-0.4, -0.2) is 26.0 Å². The van der Waals surface area contributed by atoms with E-state index in [0.29, 0.717) is 13.0 Å². The maximum absolute atomic E-state index is 11.8. The Balaban J connectivity index is 2.79. The molecule has 2 N–H and O–H groups in total. The van der Waals surface area contributed by atoms with E-state index < -0.39 is 9.84 Å².